The van der Waals surface area contributed by atoms with Gasteiger partial charge in [0.1, 0.15) is 15.7 Å². The molecule has 2 aromatic carbocycles. The average molecular weight is 379 g/mol. The van der Waals surface area contributed by atoms with Crippen LogP contribution in [0.15, 0.2) is 66.9 Å². The molecule has 0 aliphatic heterocycles. The molecule has 3 atom stereocenters. The normalized spacial score (nSPS) is 21.6. The lowest BCUT2D eigenvalue weighted by atomic mass is 9.37. The maximum atomic E-state index is 4.74. The van der Waals surface area contributed by atoms with Crippen molar-refractivity contribution in [1.29, 1.82) is 0 Å². The van der Waals surface area contributed by atoms with Crippen LogP contribution in [0.25, 0.3) is 22.4 Å². The molecule has 0 amide bonds. The topological polar surface area (TPSA) is 12.9 Å². The molecule has 0 bridgehead atoms. The third-order valence-corrected chi connectivity index (χ3v) is 7.30. The highest BCUT2D eigenvalue weighted by Crippen LogP contribution is 2.50. The van der Waals surface area contributed by atoms with Crippen LogP contribution >= 0.6 is 0 Å². The second-order valence-corrected chi connectivity index (χ2v) is 9.45. The van der Waals surface area contributed by atoms with Gasteiger partial charge in [-0.1, -0.05) is 85.6 Å². The Kier molecular flexibility index (Phi) is 5.42. The Morgan fingerprint density at radius 3 is 2.24 bits per heavy atom. The van der Waals surface area contributed by atoms with E-state index in [0.29, 0.717) is 0 Å². The van der Waals surface area contributed by atoms with Crippen molar-refractivity contribution in [3.05, 3.63) is 78.0 Å². The van der Waals surface area contributed by atoms with Crippen molar-refractivity contribution in [3.8, 4) is 22.4 Å². The number of rotatable bonds is 5. The predicted octanol–water partition coefficient (Wildman–Crippen LogP) is 4.83. The van der Waals surface area contributed by atoms with Crippen molar-refractivity contribution in [2.24, 2.45) is 17.8 Å². The van der Waals surface area contributed by atoms with Gasteiger partial charge in [-0.05, 0) is 48.3 Å². The maximum absolute atomic E-state index is 4.74. The molecule has 0 radical (unpaired) electrons. The van der Waals surface area contributed by atoms with Crippen LogP contribution in [0, 0.1) is 24.7 Å². The Hall–Kier alpha value is -2.28. The van der Waals surface area contributed by atoms with Gasteiger partial charge in [0.2, 0.25) is 0 Å². The Bertz CT molecular complexity index is 976. The number of hydrogen-bond acceptors (Lipinski definition) is 1. The van der Waals surface area contributed by atoms with E-state index in [4.69, 9.17) is 4.98 Å². The molecule has 1 saturated carbocycles. The highest BCUT2D eigenvalue weighted by atomic mass is 14.7. The van der Waals surface area contributed by atoms with Crippen LogP contribution in [0.3, 0.4) is 0 Å². The fraction of sp³-hybridized carbons (Fsp3) is 0.346. The van der Waals surface area contributed by atoms with Gasteiger partial charge in [-0.3, -0.25) is 4.98 Å². The molecule has 1 aliphatic carbocycles. The average Bonchev–Trinajstić information content (AvgIpc) is 2.72. The third kappa shape index (κ3) is 3.68. The van der Waals surface area contributed by atoms with Crippen LogP contribution in [0.1, 0.15) is 37.8 Å². The van der Waals surface area contributed by atoms with Gasteiger partial charge in [0.05, 0.1) is 5.69 Å². The number of benzene rings is 2. The zero-order valence-corrected chi connectivity index (χ0v) is 18.4. The van der Waals surface area contributed by atoms with Gasteiger partial charge < -0.3 is 0 Å². The van der Waals surface area contributed by atoms with Crippen molar-refractivity contribution in [3.63, 3.8) is 0 Å². The van der Waals surface area contributed by atoms with Gasteiger partial charge in [0, 0.05) is 17.3 Å². The van der Waals surface area contributed by atoms with Crippen LogP contribution < -0.4 is 0 Å². The fourth-order valence-electron chi connectivity index (χ4n) is 5.63. The van der Waals surface area contributed by atoms with Crippen molar-refractivity contribution in [2.75, 3.05) is 0 Å². The van der Waals surface area contributed by atoms with E-state index < -0.39 is 0 Å². The van der Waals surface area contributed by atoms with Crippen molar-refractivity contribution in [2.45, 2.75) is 38.8 Å². The van der Waals surface area contributed by atoms with Gasteiger partial charge >= 0.3 is 0 Å². The maximum Gasteiger partial charge on any atom is 0.105 e. The standard InChI is InChI=1S/C26H31B2N/c1-4-19-15-18(3)25(19)26(27,28)22-12-9-20(10-13-22)21-11-14-24(29-16-21)23-8-6-5-7-17(23)2/h5-14,16,18-19,25H,4,15,27-28H2,1-3H3. The molecule has 3 aromatic rings. The molecule has 1 aliphatic rings. The third-order valence-electron chi connectivity index (χ3n) is 7.30. The first-order chi connectivity index (χ1) is 13.9. The number of nitrogens with zero attached hydrogens (tertiary/aromatic N) is 1. The Morgan fingerprint density at radius 2 is 1.66 bits per heavy atom. The number of pyridine rings is 1. The summed E-state index contributed by atoms with van der Waals surface area (Å²) in [6.07, 6.45) is 4.69. The van der Waals surface area contributed by atoms with E-state index in [1.807, 2.05) is 6.20 Å². The van der Waals surface area contributed by atoms with Crippen LogP contribution in [0.2, 0.25) is 0 Å². The van der Waals surface area contributed by atoms with Crippen LogP contribution in [0.5, 0.6) is 0 Å². The van der Waals surface area contributed by atoms with Crippen LogP contribution in [-0.4, -0.2) is 20.7 Å². The van der Waals surface area contributed by atoms with E-state index >= 15 is 0 Å². The Morgan fingerprint density at radius 1 is 0.966 bits per heavy atom. The highest BCUT2D eigenvalue weighted by Gasteiger charge is 2.46. The second kappa shape index (κ2) is 7.86. The molecule has 146 valence electrons. The molecular weight excluding hydrogens is 348 g/mol. The lowest BCUT2D eigenvalue weighted by Crippen LogP contribution is -2.50. The van der Waals surface area contributed by atoms with Gasteiger partial charge in [-0.25, -0.2) is 0 Å². The highest BCUT2D eigenvalue weighted by molar-refractivity contribution is 6.40. The van der Waals surface area contributed by atoms with Gasteiger partial charge in [-0.2, -0.15) is 0 Å². The zero-order valence-electron chi connectivity index (χ0n) is 18.4. The summed E-state index contributed by atoms with van der Waals surface area (Å²) in [5, 5.41) is 0.226. The minimum Gasteiger partial charge on any atom is -0.256 e. The second-order valence-electron chi connectivity index (χ2n) is 9.45. The lowest BCUT2D eigenvalue weighted by Gasteiger charge is -2.52. The van der Waals surface area contributed by atoms with E-state index in [-0.39, 0.29) is 5.21 Å². The van der Waals surface area contributed by atoms with Gasteiger partial charge in [0.15, 0.2) is 0 Å². The molecule has 1 heterocycles. The number of hydrogen-bond donors (Lipinski definition) is 0. The molecule has 0 saturated heterocycles. The molecular formula is C26H31B2N. The largest absolute Gasteiger partial charge is 0.256 e. The minimum atomic E-state index is 0.226. The first-order valence-electron chi connectivity index (χ1n) is 11.0. The quantitative estimate of drug-likeness (QED) is 0.579. The predicted molar refractivity (Wildman–Crippen MR) is 130 cm³/mol. The summed E-state index contributed by atoms with van der Waals surface area (Å²) in [6, 6.07) is 22.0. The smallest absolute Gasteiger partial charge is 0.105 e. The van der Waals surface area contributed by atoms with E-state index in [9.17, 15) is 0 Å². The van der Waals surface area contributed by atoms with Crippen LogP contribution in [0.4, 0.5) is 0 Å². The Balaban J connectivity index is 1.56. The fourth-order valence-corrected chi connectivity index (χ4v) is 5.63. The number of aromatic nitrogens is 1. The molecule has 3 heteroatoms. The lowest BCUT2D eigenvalue weighted by molar-refractivity contribution is 0.0650. The molecule has 0 spiro atoms. The first kappa shape index (κ1) is 20.0. The van der Waals surface area contributed by atoms with Crippen molar-refractivity contribution >= 4 is 15.7 Å². The molecule has 4 rings (SSSR count). The van der Waals surface area contributed by atoms with Crippen molar-refractivity contribution in [1.82, 2.24) is 4.98 Å². The van der Waals surface area contributed by atoms with Crippen LogP contribution in [-0.2, 0) is 5.21 Å². The number of aryl methyl sites for hydroxylation is 1. The summed E-state index contributed by atoms with van der Waals surface area (Å²) in [5.74, 6) is 2.49. The molecule has 3 unspecified atom stereocenters. The van der Waals surface area contributed by atoms with E-state index in [1.54, 1.807) is 0 Å². The molecule has 0 N–H and O–H groups in total. The molecule has 1 nitrogen and oxygen atoms in total. The summed E-state index contributed by atoms with van der Waals surface area (Å²) in [5.41, 5.74) is 7.37. The summed E-state index contributed by atoms with van der Waals surface area (Å²) >= 11 is 0. The van der Waals surface area contributed by atoms with E-state index in [1.165, 1.54) is 40.7 Å². The minimum absolute atomic E-state index is 0.226. The van der Waals surface area contributed by atoms with Crippen molar-refractivity contribution < 1.29 is 0 Å². The van der Waals surface area contributed by atoms with E-state index in [0.717, 1.165) is 23.4 Å². The van der Waals surface area contributed by atoms with E-state index in [2.05, 4.69) is 97.1 Å². The molecule has 29 heavy (non-hydrogen) atoms. The molecule has 1 fully saturated rings. The van der Waals surface area contributed by atoms with Gasteiger partial charge in [0.25, 0.3) is 0 Å². The molecule has 1 aromatic heterocycles. The summed E-state index contributed by atoms with van der Waals surface area (Å²) < 4.78 is 0. The Labute approximate surface area is 177 Å². The summed E-state index contributed by atoms with van der Waals surface area (Å²) in [6.45, 7) is 6.91. The monoisotopic (exact) mass is 379 g/mol. The summed E-state index contributed by atoms with van der Waals surface area (Å²) in [7, 11) is 4.87. The zero-order chi connectivity index (χ0) is 20.6. The SMILES string of the molecule is BC(B)(c1ccc(-c2ccc(-c3ccccc3C)nc2)cc1)C1C(C)CC1CC. The first-order valence-corrected chi connectivity index (χ1v) is 11.0. The summed E-state index contributed by atoms with van der Waals surface area (Å²) in [4.78, 5) is 4.74. The van der Waals surface area contributed by atoms with Gasteiger partial charge in [-0.15, -0.1) is 0 Å².